The van der Waals surface area contributed by atoms with E-state index in [-0.39, 0.29) is 47.6 Å². The maximum Gasteiger partial charge on any atom is 0.419 e. The molecule has 2 fully saturated rings. The number of hydrogen-bond acceptors (Lipinski definition) is 9. The number of amides is 1. The molecular weight excluding hydrogens is 710 g/mol. The average Bonchev–Trinajstić information content (AvgIpc) is 3.92. The lowest BCUT2D eigenvalue weighted by Gasteiger charge is -2.42. The fourth-order valence-corrected chi connectivity index (χ4v) is 8.15. The maximum atomic E-state index is 14.8. The standard InChI is InChI=1S/C37H45F4N9O4/c1-5-28-32(46-16-17-47(21(2)19-46)29-18-42-49(34(29)52)24-8-6-7-9-24)35(53)50-36(44-33(45-50)23-10-12-25(54-4)13-11-23)48(28)20-30(51)43-27-15-14-26(37(39,40)41)31(38)22(27)3/h10,14-15,18,21,24-25,52H,5-9,11-13,16-17,19-20H2,1-4H3,(H,43,51)/t21-,25?/m1/s1. The van der Waals surface area contributed by atoms with Crippen LogP contribution in [0.1, 0.15) is 87.5 Å². The van der Waals surface area contributed by atoms with Gasteiger partial charge in [0.2, 0.25) is 17.6 Å². The topological polar surface area (TPSA) is 135 Å². The summed E-state index contributed by atoms with van der Waals surface area (Å²) < 4.78 is 64.8. The molecule has 4 aromatic rings. The van der Waals surface area contributed by atoms with Crippen molar-refractivity contribution in [2.45, 2.75) is 103 Å². The molecule has 290 valence electrons. The largest absolute Gasteiger partial charge is 0.492 e. The first-order chi connectivity index (χ1) is 25.8. The molecule has 1 aliphatic heterocycles. The summed E-state index contributed by atoms with van der Waals surface area (Å²) in [5.74, 6) is -1.50. The minimum absolute atomic E-state index is 0.0610. The van der Waals surface area contributed by atoms with Gasteiger partial charge in [-0.25, -0.2) is 9.07 Å². The molecule has 1 aromatic carbocycles. The summed E-state index contributed by atoms with van der Waals surface area (Å²) in [6.07, 6.45) is 5.35. The number of aromatic nitrogens is 6. The Kier molecular flexibility index (Phi) is 10.2. The molecule has 7 rings (SSSR count). The zero-order valence-corrected chi connectivity index (χ0v) is 30.8. The number of nitrogens with zero attached hydrogens (tertiary/aromatic N) is 8. The molecule has 2 atom stereocenters. The van der Waals surface area contributed by atoms with E-state index in [4.69, 9.17) is 9.72 Å². The number of fused-ring (bicyclic) bond motifs is 1. The number of methoxy groups -OCH3 is 1. The molecule has 0 spiro atoms. The first-order valence-electron chi connectivity index (χ1n) is 18.5. The number of hydrogen-bond donors (Lipinski definition) is 2. The molecule has 1 saturated heterocycles. The second kappa shape index (κ2) is 14.7. The van der Waals surface area contributed by atoms with Crippen LogP contribution in [0.15, 0.2) is 29.2 Å². The number of anilines is 3. The highest BCUT2D eigenvalue weighted by Gasteiger charge is 2.36. The minimum Gasteiger partial charge on any atom is -0.492 e. The second-order valence-electron chi connectivity index (χ2n) is 14.4. The Morgan fingerprint density at radius 3 is 2.56 bits per heavy atom. The summed E-state index contributed by atoms with van der Waals surface area (Å²) in [5.41, 5.74) is 0.0746. The Morgan fingerprint density at radius 1 is 1.15 bits per heavy atom. The summed E-state index contributed by atoms with van der Waals surface area (Å²) >= 11 is 0. The molecule has 1 amide bonds. The van der Waals surface area contributed by atoms with E-state index in [1.165, 1.54) is 11.4 Å². The van der Waals surface area contributed by atoms with Crippen molar-refractivity contribution in [2.24, 2.45) is 0 Å². The van der Waals surface area contributed by atoms with Crippen LogP contribution in [-0.2, 0) is 28.7 Å². The number of halogens is 4. The lowest BCUT2D eigenvalue weighted by molar-refractivity contribution is -0.140. The van der Waals surface area contributed by atoms with Crippen LogP contribution >= 0.6 is 0 Å². The summed E-state index contributed by atoms with van der Waals surface area (Å²) in [4.78, 5) is 36.9. The summed E-state index contributed by atoms with van der Waals surface area (Å²) in [6.45, 7) is 5.95. The quantitative estimate of drug-likeness (QED) is 0.201. The molecule has 17 heteroatoms. The van der Waals surface area contributed by atoms with Crippen LogP contribution in [0.2, 0.25) is 0 Å². The number of nitrogens with one attached hydrogen (secondary N) is 1. The molecule has 2 aliphatic carbocycles. The van der Waals surface area contributed by atoms with Crippen molar-refractivity contribution in [3.8, 4) is 5.88 Å². The molecule has 0 bridgehead atoms. The van der Waals surface area contributed by atoms with Crippen LogP contribution < -0.4 is 20.7 Å². The fraction of sp³-hybridized carbons (Fsp3) is 0.541. The molecule has 3 aliphatic rings. The third-order valence-electron chi connectivity index (χ3n) is 11.1. The molecule has 1 unspecified atom stereocenters. The molecule has 4 heterocycles. The van der Waals surface area contributed by atoms with Gasteiger partial charge in [-0.05, 0) is 70.1 Å². The molecule has 54 heavy (non-hydrogen) atoms. The van der Waals surface area contributed by atoms with E-state index in [1.807, 2.05) is 24.8 Å². The van der Waals surface area contributed by atoms with Gasteiger partial charge in [0.25, 0.3) is 5.56 Å². The van der Waals surface area contributed by atoms with Gasteiger partial charge < -0.3 is 29.5 Å². The predicted molar refractivity (Wildman–Crippen MR) is 194 cm³/mol. The zero-order valence-electron chi connectivity index (χ0n) is 30.8. The highest BCUT2D eigenvalue weighted by Crippen LogP contribution is 2.38. The lowest BCUT2D eigenvalue weighted by atomic mass is 9.97. The third kappa shape index (κ3) is 6.82. The molecule has 2 N–H and O–H groups in total. The van der Waals surface area contributed by atoms with E-state index in [2.05, 4.69) is 20.4 Å². The first-order valence-corrected chi connectivity index (χ1v) is 18.5. The zero-order chi connectivity index (χ0) is 38.5. The highest BCUT2D eigenvalue weighted by atomic mass is 19.4. The maximum absolute atomic E-state index is 14.8. The van der Waals surface area contributed by atoms with Gasteiger partial charge in [-0.3, -0.25) is 9.59 Å². The molecule has 0 radical (unpaired) electrons. The van der Waals surface area contributed by atoms with E-state index in [0.29, 0.717) is 67.9 Å². The Balaban J connectivity index is 1.24. The van der Waals surface area contributed by atoms with E-state index < -0.39 is 29.0 Å². The Bertz CT molecular complexity index is 2150. The van der Waals surface area contributed by atoms with E-state index >= 15 is 0 Å². The summed E-state index contributed by atoms with van der Waals surface area (Å²) in [6, 6.07) is 1.65. The molecular formula is C37H45F4N9O4. The van der Waals surface area contributed by atoms with Crippen molar-refractivity contribution in [3.63, 3.8) is 0 Å². The SMILES string of the molecule is CCc1c(N2CCN(c3cnn(C4CCCC4)c3O)[C@H](C)C2)c(=O)n2nc(C3=CCC(OC)CC3)nc2n1CC(=O)Nc1ccc(C(F)(F)F)c(F)c1C. The lowest BCUT2D eigenvalue weighted by Crippen LogP contribution is -2.54. The number of ether oxygens (including phenoxy) is 1. The van der Waals surface area contributed by atoms with Gasteiger partial charge in [0.1, 0.15) is 23.7 Å². The number of piperazine rings is 1. The average molecular weight is 756 g/mol. The van der Waals surface area contributed by atoms with Gasteiger partial charge >= 0.3 is 6.18 Å². The van der Waals surface area contributed by atoms with Crippen molar-refractivity contribution in [1.29, 1.82) is 0 Å². The van der Waals surface area contributed by atoms with Gasteiger partial charge in [0, 0.05) is 44.0 Å². The van der Waals surface area contributed by atoms with Crippen molar-refractivity contribution in [1.82, 2.24) is 28.9 Å². The van der Waals surface area contributed by atoms with E-state index in [1.54, 1.807) is 22.6 Å². The number of allylic oxidation sites excluding steroid dienone is 1. The number of carbonyl (C=O) groups excluding carboxylic acids is 1. The first kappa shape index (κ1) is 37.4. The number of rotatable bonds is 9. The third-order valence-corrected chi connectivity index (χ3v) is 11.1. The van der Waals surface area contributed by atoms with Crippen LogP contribution in [0.3, 0.4) is 0 Å². The Labute approximate surface area is 309 Å². The normalized spacial score (nSPS) is 19.9. The molecule has 13 nitrogen and oxygen atoms in total. The van der Waals surface area contributed by atoms with Crippen molar-refractivity contribution < 1.29 is 32.2 Å². The van der Waals surface area contributed by atoms with Crippen molar-refractivity contribution in [3.05, 3.63) is 63.2 Å². The van der Waals surface area contributed by atoms with Gasteiger partial charge in [-0.1, -0.05) is 25.8 Å². The number of carbonyl (C=O) groups is 1. The minimum atomic E-state index is -4.89. The van der Waals surface area contributed by atoms with Crippen molar-refractivity contribution in [2.75, 3.05) is 41.9 Å². The Morgan fingerprint density at radius 2 is 1.91 bits per heavy atom. The monoisotopic (exact) mass is 755 g/mol. The van der Waals surface area contributed by atoms with Gasteiger partial charge in [-0.2, -0.15) is 27.8 Å². The number of aromatic hydroxyl groups is 1. The van der Waals surface area contributed by atoms with Gasteiger partial charge in [0.15, 0.2) is 5.82 Å². The molecule has 1 saturated carbocycles. The summed E-state index contributed by atoms with van der Waals surface area (Å²) in [7, 11) is 1.66. The van der Waals surface area contributed by atoms with Crippen LogP contribution in [0, 0.1) is 12.7 Å². The highest BCUT2D eigenvalue weighted by molar-refractivity contribution is 5.92. The fourth-order valence-electron chi connectivity index (χ4n) is 8.15. The number of benzene rings is 1. The summed E-state index contributed by atoms with van der Waals surface area (Å²) in [5, 5.41) is 22.9. The molecule has 3 aromatic heterocycles. The Hall–Kier alpha value is -4.93. The van der Waals surface area contributed by atoms with Crippen LogP contribution in [0.5, 0.6) is 5.88 Å². The van der Waals surface area contributed by atoms with E-state index in [0.717, 1.165) is 43.7 Å². The van der Waals surface area contributed by atoms with Gasteiger partial charge in [-0.15, -0.1) is 5.10 Å². The number of alkyl halides is 3. The van der Waals surface area contributed by atoms with E-state index in [9.17, 15) is 32.3 Å². The smallest absolute Gasteiger partial charge is 0.419 e. The predicted octanol–water partition coefficient (Wildman–Crippen LogP) is 5.87. The second-order valence-corrected chi connectivity index (χ2v) is 14.4. The van der Waals surface area contributed by atoms with Crippen LogP contribution in [0.4, 0.5) is 34.6 Å². The van der Waals surface area contributed by atoms with Crippen molar-refractivity contribution >= 4 is 34.3 Å². The van der Waals surface area contributed by atoms with Crippen LogP contribution in [0.25, 0.3) is 11.4 Å². The van der Waals surface area contributed by atoms with Gasteiger partial charge in [0.05, 0.1) is 29.6 Å². The van der Waals surface area contributed by atoms with Crippen LogP contribution in [-0.4, -0.2) is 78.8 Å².